The second-order valence-corrected chi connectivity index (χ2v) is 6.67. The fourth-order valence-corrected chi connectivity index (χ4v) is 2.88. The standard InChI is InChI=1S/C16H19N3O4S/c1-9(2)23-12-6-4-11(5-7-12)10(3)18-19-16-17-15(22)13(24-16)8-14(20)21/h4-7,9,13H,8H2,1-3H3,(H,20,21)(H,17,19,22)/b18-10-. The largest absolute Gasteiger partial charge is 0.491 e. The number of thioether (sulfide) groups is 1. The van der Waals surface area contributed by atoms with Gasteiger partial charge in [-0.25, -0.2) is 0 Å². The Bertz CT molecular complexity index is 683. The van der Waals surface area contributed by atoms with Crippen molar-refractivity contribution in [1.82, 2.24) is 5.32 Å². The number of nitrogens with one attached hydrogen (secondary N) is 1. The van der Waals surface area contributed by atoms with Gasteiger partial charge in [-0.2, -0.15) is 5.10 Å². The fourth-order valence-electron chi connectivity index (χ4n) is 1.97. The van der Waals surface area contributed by atoms with Crippen molar-refractivity contribution in [1.29, 1.82) is 0 Å². The van der Waals surface area contributed by atoms with Gasteiger partial charge in [-0.15, -0.1) is 5.10 Å². The number of carboxylic acids is 1. The number of carbonyl (C=O) groups excluding carboxylic acids is 1. The van der Waals surface area contributed by atoms with Crippen LogP contribution in [0.4, 0.5) is 0 Å². The Balaban J connectivity index is 2.03. The van der Waals surface area contributed by atoms with Crippen molar-refractivity contribution in [2.45, 2.75) is 38.5 Å². The lowest BCUT2D eigenvalue weighted by Crippen LogP contribution is -2.26. The maximum Gasteiger partial charge on any atom is 0.305 e. The molecule has 1 amide bonds. The lowest BCUT2D eigenvalue weighted by atomic mass is 10.1. The summed E-state index contributed by atoms with van der Waals surface area (Å²) in [5, 5.41) is 19.0. The SMILES string of the molecule is C/C(=N/N=C1\NC(=O)C(CC(=O)O)S1)c1ccc(OC(C)C)cc1. The Hall–Kier alpha value is -2.35. The first kappa shape index (κ1) is 18.0. The predicted octanol–water partition coefficient (Wildman–Crippen LogP) is 2.26. The average Bonchev–Trinajstić information content (AvgIpc) is 2.84. The van der Waals surface area contributed by atoms with Crippen molar-refractivity contribution in [3.8, 4) is 5.75 Å². The van der Waals surface area contributed by atoms with Crippen molar-refractivity contribution in [3.05, 3.63) is 29.8 Å². The molecule has 0 aliphatic carbocycles. The topological polar surface area (TPSA) is 100 Å². The minimum atomic E-state index is -1.02. The summed E-state index contributed by atoms with van der Waals surface area (Å²) in [5.74, 6) is -0.598. The second-order valence-electron chi connectivity index (χ2n) is 5.48. The first-order valence-corrected chi connectivity index (χ1v) is 8.31. The van der Waals surface area contributed by atoms with Crippen LogP contribution < -0.4 is 10.1 Å². The van der Waals surface area contributed by atoms with Gasteiger partial charge in [-0.1, -0.05) is 11.8 Å². The minimum Gasteiger partial charge on any atom is -0.491 e. The van der Waals surface area contributed by atoms with Crippen LogP contribution in [0.25, 0.3) is 0 Å². The highest BCUT2D eigenvalue weighted by Crippen LogP contribution is 2.22. The number of rotatable bonds is 6. The van der Waals surface area contributed by atoms with Crippen LogP contribution in [0.15, 0.2) is 34.5 Å². The summed E-state index contributed by atoms with van der Waals surface area (Å²) in [4.78, 5) is 22.3. The van der Waals surface area contributed by atoms with E-state index in [9.17, 15) is 9.59 Å². The number of ether oxygens (including phenoxy) is 1. The molecule has 1 aromatic carbocycles. The lowest BCUT2D eigenvalue weighted by molar-refractivity contribution is -0.138. The first-order valence-electron chi connectivity index (χ1n) is 7.44. The van der Waals surface area contributed by atoms with E-state index in [1.807, 2.05) is 38.1 Å². The molecule has 1 fully saturated rings. The highest BCUT2D eigenvalue weighted by atomic mass is 32.2. The van der Waals surface area contributed by atoms with E-state index < -0.39 is 11.2 Å². The van der Waals surface area contributed by atoms with E-state index in [4.69, 9.17) is 9.84 Å². The third-order valence-electron chi connectivity index (χ3n) is 3.07. The minimum absolute atomic E-state index is 0.110. The van der Waals surface area contributed by atoms with Gasteiger partial charge in [0.25, 0.3) is 0 Å². The summed E-state index contributed by atoms with van der Waals surface area (Å²) in [5.41, 5.74) is 1.56. The molecule has 0 aromatic heterocycles. The Morgan fingerprint density at radius 3 is 2.62 bits per heavy atom. The molecule has 2 rings (SSSR count). The zero-order chi connectivity index (χ0) is 17.7. The van der Waals surface area contributed by atoms with Gasteiger partial charge in [0.05, 0.1) is 18.2 Å². The van der Waals surface area contributed by atoms with Crippen molar-refractivity contribution >= 4 is 34.5 Å². The molecule has 1 atom stereocenters. The van der Waals surface area contributed by atoms with E-state index in [-0.39, 0.29) is 18.4 Å². The van der Waals surface area contributed by atoms with Crippen molar-refractivity contribution < 1.29 is 19.4 Å². The number of aliphatic carboxylic acids is 1. The summed E-state index contributed by atoms with van der Waals surface area (Å²) >= 11 is 1.07. The molecule has 1 saturated heterocycles. The summed E-state index contributed by atoms with van der Waals surface area (Å²) in [6, 6.07) is 7.47. The molecule has 0 bridgehead atoms. The van der Waals surface area contributed by atoms with E-state index in [0.29, 0.717) is 10.9 Å². The van der Waals surface area contributed by atoms with Crippen LogP contribution in [0.1, 0.15) is 32.8 Å². The molecular weight excluding hydrogens is 330 g/mol. The molecule has 1 aliphatic heterocycles. The Morgan fingerprint density at radius 2 is 2.04 bits per heavy atom. The molecule has 7 nitrogen and oxygen atoms in total. The molecule has 1 unspecified atom stereocenters. The van der Waals surface area contributed by atoms with Gasteiger partial charge in [0.1, 0.15) is 11.0 Å². The fraction of sp³-hybridized carbons (Fsp3) is 0.375. The van der Waals surface area contributed by atoms with Crippen molar-refractivity contribution in [2.75, 3.05) is 0 Å². The molecular formula is C16H19N3O4S. The monoisotopic (exact) mass is 349 g/mol. The van der Waals surface area contributed by atoms with Gasteiger partial charge in [0.2, 0.25) is 5.91 Å². The maximum atomic E-state index is 11.6. The molecule has 8 heteroatoms. The van der Waals surface area contributed by atoms with Crippen LogP contribution in [0.5, 0.6) is 5.75 Å². The third-order valence-corrected chi connectivity index (χ3v) is 4.14. The average molecular weight is 349 g/mol. The van der Waals surface area contributed by atoms with Crippen LogP contribution in [0, 0.1) is 0 Å². The smallest absolute Gasteiger partial charge is 0.305 e. The van der Waals surface area contributed by atoms with Crippen LogP contribution in [-0.4, -0.2) is 39.2 Å². The van der Waals surface area contributed by atoms with Crippen molar-refractivity contribution in [2.24, 2.45) is 10.2 Å². The lowest BCUT2D eigenvalue weighted by Gasteiger charge is -2.09. The number of carboxylic acid groups (broad SMARTS) is 1. The van der Waals surface area contributed by atoms with Crippen LogP contribution >= 0.6 is 11.8 Å². The zero-order valence-corrected chi connectivity index (χ0v) is 14.5. The Labute approximate surface area is 144 Å². The third kappa shape index (κ3) is 5.09. The molecule has 0 spiro atoms. The van der Waals surface area contributed by atoms with E-state index in [2.05, 4.69) is 15.5 Å². The van der Waals surface area contributed by atoms with E-state index >= 15 is 0 Å². The number of hydrogen-bond acceptors (Lipinski definition) is 6. The van der Waals surface area contributed by atoms with E-state index in [1.165, 1.54) is 0 Å². The molecule has 1 aliphatic rings. The van der Waals surface area contributed by atoms with Gasteiger partial charge < -0.3 is 15.2 Å². The highest BCUT2D eigenvalue weighted by molar-refractivity contribution is 8.15. The van der Waals surface area contributed by atoms with E-state index in [1.54, 1.807) is 6.92 Å². The quantitative estimate of drug-likeness (QED) is 0.606. The number of amides is 1. The normalized spacial score (nSPS) is 19.7. The predicted molar refractivity (Wildman–Crippen MR) is 93.6 cm³/mol. The summed E-state index contributed by atoms with van der Waals surface area (Å²) in [6.45, 7) is 5.72. The number of amidine groups is 1. The summed E-state index contributed by atoms with van der Waals surface area (Å²) in [7, 11) is 0. The van der Waals surface area contributed by atoms with Gasteiger partial charge in [-0.3, -0.25) is 9.59 Å². The molecule has 128 valence electrons. The number of nitrogens with zero attached hydrogens (tertiary/aromatic N) is 2. The van der Waals surface area contributed by atoms with Gasteiger partial charge in [-0.05, 0) is 50.6 Å². The van der Waals surface area contributed by atoms with Crippen LogP contribution in [0.2, 0.25) is 0 Å². The first-order chi connectivity index (χ1) is 11.3. The number of carbonyl (C=O) groups is 2. The maximum absolute atomic E-state index is 11.6. The summed E-state index contributed by atoms with van der Waals surface area (Å²) in [6.07, 6.45) is -0.131. The number of hydrogen-bond donors (Lipinski definition) is 2. The highest BCUT2D eigenvalue weighted by Gasteiger charge is 2.32. The van der Waals surface area contributed by atoms with Gasteiger partial charge >= 0.3 is 5.97 Å². The van der Waals surface area contributed by atoms with Crippen molar-refractivity contribution in [3.63, 3.8) is 0 Å². The molecule has 1 heterocycles. The number of benzene rings is 1. The van der Waals surface area contributed by atoms with Gasteiger partial charge in [0.15, 0.2) is 5.17 Å². The zero-order valence-electron chi connectivity index (χ0n) is 13.6. The Morgan fingerprint density at radius 1 is 1.38 bits per heavy atom. The van der Waals surface area contributed by atoms with Crippen LogP contribution in [-0.2, 0) is 9.59 Å². The molecule has 24 heavy (non-hydrogen) atoms. The molecule has 0 saturated carbocycles. The van der Waals surface area contributed by atoms with Crippen LogP contribution in [0.3, 0.4) is 0 Å². The summed E-state index contributed by atoms with van der Waals surface area (Å²) < 4.78 is 5.58. The van der Waals surface area contributed by atoms with Gasteiger partial charge in [0, 0.05) is 0 Å². The molecule has 0 radical (unpaired) electrons. The Kier molecular flexibility index (Phi) is 5.97. The molecule has 2 N–H and O–H groups in total. The molecule has 1 aromatic rings. The van der Waals surface area contributed by atoms with E-state index in [0.717, 1.165) is 23.1 Å². The second kappa shape index (κ2) is 7.96.